The highest BCUT2D eigenvalue weighted by atomic mass is 16.5. The third kappa shape index (κ3) is 5.35. The Morgan fingerprint density at radius 1 is 1.05 bits per heavy atom. The van der Waals surface area contributed by atoms with Gasteiger partial charge in [0.05, 0.1) is 39.3 Å². The number of methoxy groups -OCH3 is 3. The number of ether oxygens (including phenoxy) is 3. The summed E-state index contributed by atoms with van der Waals surface area (Å²) in [6, 6.07) is 11.8. The minimum atomic E-state index is -0.850. The van der Waals surface area contributed by atoms with Crippen LogP contribution in [-0.4, -0.2) is 59.1 Å². The van der Waals surface area contributed by atoms with Gasteiger partial charge >= 0.3 is 0 Å². The molecule has 3 aromatic rings. The van der Waals surface area contributed by atoms with E-state index in [4.69, 9.17) is 14.2 Å². The Kier molecular flexibility index (Phi) is 7.92. The minimum Gasteiger partial charge on any atom is -0.503 e. The molecule has 1 aliphatic rings. The lowest BCUT2D eigenvalue weighted by Gasteiger charge is -2.27. The van der Waals surface area contributed by atoms with Crippen LogP contribution in [0.25, 0.3) is 6.08 Å². The first kappa shape index (κ1) is 25.6. The van der Waals surface area contributed by atoms with Gasteiger partial charge in [0.2, 0.25) is 5.75 Å². The third-order valence-electron chi connectivity index (χ3n) is 6.17. The SMILES string of the molecule is COc1cc(C2C(C(=O)/C=C/c3ccccc3)=C(O)C(=O)N2CCCn2ccnc2)cc(OC)c1OC. The van der Waals surface area contributed by atoms with Gasteiger partial charge in [0, 0.05) is 25.5 Å². The molecule has 2 aromatic carbocycles. The smallest absolute Gasteiger partial charge is 0.290 e. The fourth-order valence-electron chi connectivity index (χ4n) is 4.41. The van der Waals surface area contributed by atoms with E-state index in [1.165, 1.54) is 32.3 Å². The Labute approximate surface area is 215 Å². The average molecular weight is 504 g/mol. The Bertz CT molecular complexity index is 1290. The number of imidazole rings is 1. The molecule has 0 radical (unpaired) electrons. The number of aromatic nitrogens is 2. The van der Waals surface area contributed by atoms with E-state index in [2.05, 4.69) is 4.98 Å². The average Bonchev–Trinajstić information content (AvgIpc) is 3.53. The van der Waals surface area contributed by atoms with Gasteiger partial charge in [-0.15, -0.1) is 0 Å². The molecule has 37 heavy (non-hydrogen) atoms. The van der Waals surface area contributed by atoms with Gasteiger partial charge in [-0.25, -0.2) is 4.98 Å². The zero-order valence-corrected chi connectivity index (χ0v) is 21.0. The van der Waals surface area contributed by atoms with Crippen molar-refractivity contribution in [3.8, 4) is 17.2 Å². The maximum absolute atomic E-state index is 13.4. The highest BCUT2D eigenvalue weighted by molar-refractivity contribution is 6.14. The molecule has 9 heteroatoms. The Morgan fingerprint density at radius 2 is 1.76 bits per heavy atom. The summed E-state index contributed by atoms with van der Waals surface area (Å²) in [6.45, 7) is 0.908. The molecule has 0 saturated heterocycles. The van der Waals surface area contributed by atoms with Crippen LogP contribution in [0.2, 0.25) is 0 Å². The summed E-state index contributed by atoms with van der Waals surface area (Å²) in [5.74, 6) is -0.508. The summed E-state index contributed by atoms with van der Waals surface area (Å²) in [5, 5.41) is 10.9. The molecule has 0 fully saturated rings. The van der Waals surface area contributed by atoms with Crippen molar-refractivity contribution in [3.63, 3.8) is 0 Å². The number of hydrogen-bond acceptors (Lipinski definition) is 7. The number of allylic oxidation sites excluding steroid dienone is 1. The van der Waals surface area contributed by atoms with Crippen LogP contribution in [-0.2, 0) is 16.1 Å². The van der Waals surface area contributed by atoms with Crippen molar-refractivity contribution in [2.45, 2.75) is 19.0 Å². The summed E-state index contributed by atoms with van der Waals surface area (Å²) in [5.41, 5.74) is 1.36. The van der Waals surface area contributed by atoms with E-state index in [-0.39, 0.29) is 5.57 Å². The van der Waals surface area contributed by atoms with Gasteiger partial charge in [0.25, 0.3) is 5.91 Å². The van der Waals surface area contributed by atoms with E-state index in [0.29, 0.717) is 42.3 Å². The molecular formula is C28H29N3O6. The molecule has 1 unspecified atom stereocenters. The van der Waals surface area contributed by atoms with Crippen LogP contribution >= 0.6 is 0 Å². The van der Waals surface area contributed by atoms with Crippen molar-refractivity contribution in [1.29, 1.82) is 0 Å². The Morgan fingerprint density at radius 3 is 2.35 bits per heavy atom. The van der Waals surface area contributed by atoms with Crippen LogP contribution in [0.1, 0.15) is 23.6 Å². The second kappa shape index (κ2) is 11.5. The number of hydrogen-bond donors (Lipinski definition) is 1. The lowest BCUT2D eigenvalue weighted by Crippen LogP contribution is -2.32. The van der Waals surface area contributed by atoms with E-state index in [9.17, 15) is 14.7 Å². The Hall–Kier alpha value is -4.53. The number of rotatable bonds is 11. The van der Waals surface area contributed by atoms with Crippen LogP contribution in [0.5, 0.6) is 17.2 Å². The van der Waals surface area contributed by atoms with Gasteiger partial charge in [0.15, 0.2) is 23.0 Å². The first-order valence-electron chi connectivity index (χ1n) is 11.8. The van der Waals surface area contributed by atoms with Crippen molar-refractivity contribution >= 4 is 17.8 Å². The van der Waals surface area contributed by atoms with E-state index >= 15 is 0 Å². The maximum atomic E-state index is 13.4. The van der Waals surface area contributed by atoms with Gasteiger partial charge in [0.1, 0.15) is 0 Å². The maximum Gasteiger partial charge on any atom is 0.290 e. The third-order valence-corrected chi connectivity index (χ3v) is 6.17. The largest absolute Gasteiger partial charge is 0.503 e. The summed E-state index contributed by atoms with van der Waals surface area (Å²) < 4.78 is 18.3. The zero-order chi connectivity index (χ0) is 26.4. The molecule has 1 amide bonds. The quantitative estimate of drug-likeness (QED) is 0.395. The predicted octanol–water partition coefficient (Wildman–Crippen LogP) is 3.98. The molecule has 1 aliphatic heterocycles. The van der Waals surface area contributed by atoms with Crippen molar-refractivity contribution in [2.24, 2.45) is 0 Å². The van der Waals surface area contributed by atoms with Gasteiger partial charge < -0.3 is 28.8 Å². The van der Waals surface area contributed by atoms with E-state index in [0.717, 1.165) is 5.56 Å². The van der Waals surface area contributed by atoms with Gasteiger partial charge in [-0.2, -0.15) is 0 Å². The van der Waals surface area contributed by atoms with Crippen LogP contribution in [0.4, 0.5) is 0 Å². The molecular weight excluding hydrogens is 474 g/mol. The van der Waals surface area contributed by atoms with Gasteiger partial charge in [-0.05, 0) is 35.8 Å². The first-order chi connectivity index (χ1) is 18.0. The Balaban J connectivity index is 1.73. The second-order valence-electron chi connectivity index (χ2n) is 8.38. The van der Waals surface area contributed by atoms with Crippen LogP contribution in [0.15, 0.2) is 78.6 Å². The molecule has 9 nitrogen and oxygen atoms in total. The number of carbonyl (C=O) groups is 2. The van der Waals surface area contributed by atoms with Crippen LogP contribution in [0, 0.1) is 0 Å². The number of aliphatic hydroxyl groups excluding tert-OH is 1. The molecule has 1 atom stereocenters. The monoisotopic (exact) mass is 503 g/mol. The summed E-state index contributed by atoms with van der Waals surface area (Å²) in [7, 11) is 4.48. The number of benzene rings is 2. The number of carbonyl (C=O) groups excluding carboxylic acids is 2. The predicted molar refractivity (Wildman–Crippen MR) is 138 cm³/mol. The minimum absolute atomic E-state index is 0.00548. The molecule has 2 heterocycles. The van der Waals surface area contributed by atoms with E-state index in [1.54, 1.807) is 30.7 Å². The van der Waals surface area contributed by atoms with Crippen molar-refractivity contribution < 1.29 is 28.9 Å². The molecule has 0 spiro atoms. The highest BCUT2D eigenvalue weighted by Crippen LogP contribution is 2.45. The second-order valence-corrected chi connectivity index (χ2v) is 8.38. The van der Waals surface area contributed by atoms with E-state index < -0.39 is 23.5 Å². The van der Waals surface area contributed by atoms with Crippen LogP contribution in [0.3, 0.4) is 0 Å². The molecule has 4 rings (SSSR count). The van der Waals surface area contributed by atoms with Crippen molar-refractivity contribution in [3.05, 3.63) is 89.7 Å². The normalized spacial score (nSPS) is 15.5. The summed E-state index contributed by atoms with van der Waals surface area (Å²) in [4.78, 5) is 32.2. The lowest BCUT2D eigenvalue weighted by molar-refractivity contribution is -0.129. The molecule has 1 aromatic heterocycles. The molecule has 0 saturated carbocycles. The number of nitrogens with zero attached hydrogens (tertiary/aromatic N) is 3. The van der Waals surface area contributed by atoms with Crippen molar-refractivity contribution in [1.82, 2.24) is 14.5 Å². The molecule has 1 N–H and O–H groups in total. The number of amides is 1. The topological polar surface area (TPSA) is 103 Å². The zero-order valence-electron chi connectivity index (χ0n) is 21.0. The van der Waals surface area contributed by atoms with Gasteiger partial charge in [-0.1, -0.05) is 36.4 Å². The molecule has 192 valence electrons. The highest BCUT2D eigenvalue weighted by Gasteiger charge is 2.43. The lowest BCUT2D eigenvalue weighted by atomic mass is 9.94. The van der Waals surface area contributed by atoms with Crippen LogP contribution < -0.4 is 14.2 Å². The summed E-state index contributed by atoms with van der Waals surface area (Å²) in [6.07, 6.45) is 8.82. The molecule has 0 aliphatic carbocycles. The number of aliphatic hydroxyl groups is 1. The fraction of sp³-hybridized carbons (Fsp3) is 0.250. The fourth-order valence-corrected chi connectivity index (χ4v) is 4.41. The molecule has 0 bridgehead atoms. The standard InChI is InChI=1S/C28H29N3O6/c1-35-22-16-20(17-23(36-2)27(22)37-3)25-24(21(32)11-10-19-8-5-4-6-9-19)26(33)28(34)31(25)14-7-13-30-15-12-29-18-30/h4-6,8-12,15-18,25,33H,7,13-14H2,1-3H3/b11-10+. The summed E-state index contributed by atoms with van der Waals surface area (Å²) >= 11 is 0. The number of ketones is 1. The van der Waals surface area contributed by atoms with Gasteiger partial charge in [-0.3, -0.25) is 9.59 Å². The van der Waals surface area contributed by atoms with Crippen molar-refractivity contribution in [2.75, 3.05) is 27.9 Å². The first-order valence-corrected chi connectivity index (χ1v) is 11.8. The van der Waals surface area contributed by atoms with E-state index in [1.807, 2.05) is 41.1 Å². The number of aryl methyl sites for hydroxylation is 1.